The zero-order chi connectivity index (χ0) is 12.3. The van der Waals surface area contributed by atoms with Crippen molar-refractivity contribution in [3.05, 3.63) is 36.2 Å². The molecular weight excluding hydrogens is 219 g/mol. The van der Waals surface area contributed by atoms with Gasteiger partial charge in [0.15, 0.2) is 0 Å². The van der Waals surface area contributed by atoms with Crippen LogP contribution in [0.2, 0.25) is 0 Å². The Morgan fingerprint density at radius 1 is 1.53 bits per heavy atom. The van der Waals surface area contributed by atoms with Crippen LogP contribution in [0.15, 0.2) is 30.4 Å². The molecule has 3 nitrogen and oxygen atoms in total. The smallest absolute Gasteiger partial charge is 0.224 e. The van der Waals surface area contributed by atoms with Crippen LogP contribution in [0.4, 0.5) is 15.8 Å². The van der Waals surface area contributed by atoms with Gasteiger partial charge >= 0.3 is 0 Å². The monoisotopic (exact) mass is 234 g/mol. The van der Waals surface area contributed by atoms with Crippen molar-refractivity contribution < 1.29 is 9.18 Å². The summed E-state index contributed by atoms with van der Waals surface area (Å²) < 4.78 is 12.9. The Balaban J connectivity index is 1.93. The van der Waals surface area contributed by atoms with Gasteiger partial charge in [-0.15, -0.1) is 0 Å². The van der Waals surface area contributed by atoms with Crippen LogP contribution in [-0.2, 0) is 4.79 Å². The lowest BCUT2D eigenvalue weighted by Crippen LogP contribution is -2.15. The third-order valence-electron chi connectivity index (χ3n) is 2.84. The van der Waals surface area contributed by atoms with Gasteiger partial charge in [0.1, 0.15) is 5.82 Å². The topological polar surface area (TPSA) is 55.1 Å². The minimum Gasteiger partial charge on any atom is -0.396 e. The van der Waals surface area contributed by atoms with Crippen LogP contribution in [0.1, 0.15) is 19.3 Å². The van der Waals surface area contributed by atoms with Crippen LogP contribution in [0.5, 0.6) is 0 Å². The summed E-state index contributed by atoms with van der Waals surface area (Å²) >= 11 is 0. The number of hydrogen-bond acceptors (Lipinski definition) is 2. The number of nitrogen functional groups attached to an aromatic ring is 1. The molecule has 0 spiro atoms. The number of halogens is 1. The Labute approximate surface area is 99.5 Å². The molecule has 0 aliphatic heterocycles. The fourth-order valence-electron chi connectivity index (χ4n) is 1.94. The molecule has 4 heteroatoms. The molecule has 1 aliphatic rings. The Morgan fingerprint density at radius 3 is 3.00 bits per heavy atom. The van der Waals surface area contributed by atoms with E-state index in [1.165, 1.54) is 18.2 Å². The number of anilines is 2. The van der Waals surface area contributed by atoms with Crippen molar-refractivity contribution in [1.29, 1.82) is 0 Å². The summed E-state index contributed by atoms with van der Waals surface area (Å²) in [6.45, 7) is 0. The SMILES string of the molecule is Nc1cc(NC(=O)CC2C=CCC2)ccc1F. The largest absolute Gasteiger partial charge is 0.396 e. The Bertz CT molecular complexity index is 457. The number of amides is 1. The highest BCUT2D eigenvalue weighted by Gasteiger charge is 2.14. The minimum atomic E-state index is -0.471. The van der Waals surface area contributed by atoms with Crippen molar-refractivity contribution in [1.82, 2.24) is 0 Å². The van der Waals surface area contributed by atoms with Gasteiger partial charge < -0.3 is 11.1 Å². The fourth-order valence-corrected chi connectivity index (χ4v) is 1.94. The molecule has 1 aromatic carbocycles. The van der Waals surface area contributed by atoms with Crippen LogP contribution < -0.4 is 11.1 Å². The number of carbonyl (C=O) groups excluding carboxylic acids is 1. The second-order valence-corrected chi connectivity index (χ2v) is 4.25. The number of hydrogen-bond donors (Lipinski definition) is 2. The fraction of sp³-hybridized carbons (Fsp3) is 0.308. The lowest BCUT2D eigenvalue weighted by Gasteiger charge is -2.09. The number of allylic oxidation sites excluding steroid dienone is 2. The molecule has 1 aromatic rings. The van der Waals surface area contributed by atoms with Gasteiger partial charge in [-0.3, -0.25) is 4.79 Å². The molecule has 0 aromatic heterocycles. The molecule has 1 amide bonds. The predicted octanol–water partition coefficient (Wildman–Crippen LogP) is 2.70. The van der Waals surface area contributed by atoms with E-state index in [4.69, 9.17) is 5.73 Å². The Hall–Kier alpha value is -1.84. The molecule has 17 heavy (non-hydrogen) atoms. The normalized spacial score (nSPS) is 18.3. The van der Waals surface area contributed by atoms with Gasteiger partial charge in [0.25, 0.3) is 0 Å². The van der Waals surface area contributed by atoms with E-state index in [2.05, 4.69) is 17.5 Å². The quantitative estimate of drug-likeness (QED) is 0.624. The van der Waals surface area contributed by atoms with Crippen LogP contribution in [0.25, 0.3) is 0 Å². The first kappa shape index (κ1) is 11.6. The maximum Gasteiger partial charge on any atom is 0.224 e. The number of nitrogens with one attached hydrogen (secondary N) is 1. The zero-order valence-corrected chi connectivity index (χ0v) is 9.45. The number of benzene rings is 1. The Morgan fingerprint density at radius 2 is 2.35 bits per heavy atom. The first-order valence-electron chi connectivity index (χ1n) is 5.66. The van der Waals surface area contributed by atoms with Crippen molar-refractivity contribution in [3.63, 3.8) is 0 Å². The summed E-state index contributed by atoms with van der Waals surface area (Å²) in [4.78, 5) is 11.7. The third-order valence-corrected chi connectivity index (χ3v) is 2.84. The van der Waals surface area contributed by atoms with Crippen molar-refractivity contribution in [3.8, 4) is 0 Å². The summed E-state index contributed by atoms with van der Waals surface area (Å²) in [5.41, 5.74) is 6.01. The van der Waals surface area contributed by atoms with Crippen molar-refractivity contribution >= 4 is 17.3 Å². The first-order chi connectivity index (χ1) is 8.15. The van der Waals surface area contributed by atoms with Crippen molar-refractivity contribution in [2.75, 3.05) is 11.1 Å². The van der Waals surface area contributed by atoms with Crippen LogP contribution in [0, 0.1) is 11.7 Å². The molecule has 1 unspecified atom stereocenters. The standard InChI is InChI=1S/C13H15FN2O/c14-11-6-5-10(8-12(11)15)16-13(17)7-9-3-1-2-4-9/h1,3,5-6,8-9H,2,4,7,15H2,(H,16,17). The molecule has 1 atom stereocenters. The molecule has 0 fully saturated rings. The van der Waals surface area contributed by atoms with E-state index in [0.29, 0.717) is 18.0 Å². The maximum absolute atomic E-state index is 12.9. The summed E-state index contributed by atoms with van der Waals surface area (Å²) in [7, 11) is 0. The summed E-state index contributed by atoms with van der Waals surface area (Å²) in [6, 6.07) is 4.19. The van der Waals surface area contributed by atoms with Gasteiger partial charge in [-0.1, -0.05) is 12.2 Å². The first-order valence-corrected chi connectivity index (χ1v) is 5.66. The maximum atomic E-state index is 12.9. The molecule has 90 valence electrons. The lowest BCUT2D eigenvalue weighted by atomic mass is 10.1. The van der Waals surface area contributed by atoms with Crippen LogP contribution in [-0.4, -0.2) is 5.91 Å². The van der Waals surface area contributed by atoms with Gasteiger partial charge in [0.05, 0.1) is 5.69 Å². The molecule has 3 N–H and O–H groups in total. The van der Waals surface area contributed by atoms with Crippen molar-refractivity contribution in [2.45, 2.75) is 19.3 Å². The van der Waals surface area contributed by atoms with Gasteiger partial charge in [-0.25, -0.2) is 4.39 Å². The Kier molecular flexibility index (Phi) is 3.42. The second kappa shape index (κ2) is 4.99. The van der Waals surface area contributed by atoms with E-state index < -0.39 is 5.82 Å². The molecule has 0 bridgehead atoms. The van der Waals surface area contributed by atoms with E-state index in [9.17, 15) is 9.18 Å². The lowest BCUT2D eigenvalue weighted by molar-refractivity contribution is -0.116. The minimum absolute atomic E-state index is 0.0450. The van der Waals surface area contributed by atoms with Crippen molar-refractivity contribution in [2.24, 2.45) is 5.92 Å². The summed E-state index contributed by atoms with van der Waals surface area (Å²) in [5.74, 6) is -0.206. The number of carbonyl (C=O) groups is 1. The molecule has 1 aliphatic carbocycles. The third kappa shape index (κ3) is 3.06. The molecule has 0 saturated carbocycles. The highest BCUT2D eigenvalue weighted by molar-refractivity contribution is 5.91. The number of nitrogens with two attached hydrogens (primary N) is 1. The molecule has 2 rings (SSSR count). The molecule has 0 radical (unpaired) electrons. The van der Waals surface area contributed by atoms with Gasteiger partial charge in [-0.2, -0.15) is 0 Å². The summed E-state index contributed by atoms with van der Waals surface area (Å²) in [5, 5.41) is 2.72. The molecular formula is C13H15FN2O. The van der Waals surface area contributed by atoms with Crippen LogP contribution in [0.3, 0.4) is 0 Å². The molecule has 0 heterocycles. The van der Waals surface area contributed by atoms with E-state index in [-0.39, 0.29) is 11.6 Å². The predicted molar refractivity (Wildman–Crippen MR) is 65.9 cm³/mol. The highest BCUT2D eigenvalue weighted by Crippen LogP contribution is 2.22. The highest BCUT2D eigenvalue weighted by atomic mass is 19.1. The second-order valence-electron chi connectivity index (χ2n) is 4.25. The van der Waals surface area contributed by atoms with Crippen LogP contribution >= 0.6 is 0 Å². The number of rotatable bonds is 3. The molecule has 0 saturated heterocycles. The van der Waals surface area contributed by atoms with Gasteiger partial charge in [0, 0.05) is 12.1 Å². The van der Waals surface area contributed by atoms with E-state index in [0.717, 1.165) is 12.8 Å². The average molecular weight is 234 g/mol. The van der Waals surface area contributed by atoms with E-state index in [1.54, 1.807) is 0 Å². The van der Waals surface area contributed by atoms with Gasteiger partial charge in [-0.05, 0) is 37.0 Å². The summed E-state index contributed by atoms with van der Waals surface area (Å²) in [6.07, 6.45) is 6.70. The van der Waals surface area contributed by atoms with E-state index in [1.807, 2.05) is 0 Å². The zero-order valence-electron chi connectivity index (χ0n) is 9.45. The van der Waals surface area contributed by atoms with Gasteiger partial charge in [0.2, 0.25) is 5.91 Å². The van der Waals surface area contributed by atoms with E-state index >= 15 is 0 Å². The average Bonchev–Trinajstić information content (AvgIpc) is 2.76.